The van der Waals surface area contributed by atoms with Crippen LogP contribution in [0.1, 0.15) is 20.3 Å². The highest BCUT2D eigenvalue weighted by atomic mass is 16.5. The van der Waals surface area contributed by atoms with E-state index >= 15 is 0 Å². The third-order valence-electron chi connectivity index (χ3n) is 3.27. The van der Waals surface area contributed by atoms with Crippen LogP contribution in [0.2, 0.25) is 0 Å². The molecule has 1 aliphatic rings. The summed E-state index contributed by atoms with van der Waals surface area (Å²) in [5, 5.41) is 7.95. The van der Waals surface area contributed by atoms with Gasteiger partial charge in [-0.3, -0.25) is 4.68 Å². The Labute approximate surface area is 109 Å². The van der Waals surface area contributed by atoms with E-state index in [4.69, 9.17) is 4.74 Å². The van der Waals surface area contributed by atoms with Crippen molar-refractivity contribution in [2.75, 3.05) is 31.7 Å². The van der Waals surface area contributed by atoms with Gasteiger partial charge in [0.2, 0.25) is 0 Å². The molecule has 0 radical (unpaired) electrons. The number of nitrogens with zero attached hydrogens (tertiary/aromatic N) is 3. The molecule has 2 heterocycles. The van der Waals surface area contributed by atoms with Crippen molar-refractivity contribution < 1.29 is 4.74 Å². The highest BCUT2D eigenvalue weighted by Crippen LogP contribution is 2.19. The average molecular weight is 252 g/mol. The number of aromatic nitrogens is 2. The van der Waals surface area contributed by atoms with Gasteiger partial charge in [-0.25, -0.2) is 0 Å². The normalized spacial score (nSPS) is 20.0. The van der Waals surface area contributed by atoms with Gasteiger partial charge in [0, 0.05) is 38.5 Å². The maximum Gasteiger partial charge on any atom is 0.0753 e. The summed E-state index contributed by atoms with van der Waals surface area (Å²) in [6.07, 6.45) is 5.27. The molecule has 1 atom stereocenters. The number of ether oxygens (including phenoxy) is 1. The van der Waals surface area contributed by atoms with Crippen molar-refractivity contribution in [3.63, 3.8) is 0 Å². The van der Waals surface area contributed by atoms with E-state index in [9.17, 15) is 0 Å². The summed E-state index contributed by atoms with van der Waals surface area (Å²) in [5.41, 5.74) is 1.22. The van der Waals surface area contributed by atoms with Gasteiger partial charge in [-0.1, -0.05) is 13.8 Å². The zero-order valence-corrected chi connectivity index (χ0v) is 11.6. The fraction of sp³-hybridized carbons (Fsp3) is 0.769. The molecule has 0 amide bonds. The lowest BCUT2D eigenvalue weighted by Crippen LogP contribution is -2.36. The SMILES string of the molecule is COCCn1cc(N2CCC(NC(C)C)C2)cn1. The highest BCUT2D eigenvalue weighted by molar-refractivity contribution is 5.43. The second-order valence-electron chi connectivity index (χ2n) is 5.21. The first-order chi connectivity index (χ1) is 8.69. The molecule has 0 saturated carbocycles. The van der Waals surface area contributed by atoms with Crippen molar-refractivity contribution in [3.05, 3.63) is 12.4 Å². The lowest BCUT2D eigenvalue weighted by atomic mass is 10.2. The van der Waals surface area contributed by atoms with Gasteiger partial charge in [0.25, 0.3) is 0 Å². The van der Waals surface area contributed by atoms with E-state index in [-0.39, 0.29) is 0 Å². The van der Waals surface area contributed by atoms with Crippen molar-refractivity contribution in [2.45, 2.75) is 38.9 Å². The molecule has 18 heavy (non-hydrogen) atoms. The fourth-order valence-electron chi connectivity index (χ4n) is 2.43. The van der Waals surface area contributed by atoms with Gasteiger partial charge >= 0.3 is 0 Å². The molecule has 0 spiro atoms. The van der Waals surface area contributed by atoms with Crippen LogP contribution in [0, 0.1) is 0 Å². The third kappa shape index (κ3) is 3.46. The minimum absolute atomic E-state index is 0.555. The Morgan fingerprint density at radius 3 is 3.11 bits per heavy atom. The lowest BCUT2D eigenvalue weighted by Gasteiger charge is -2.18. The van der Waals surface area contributed by atoms with Gasteiger partial charge in [0.1, 0.15) is 0 Å². The first kappa shape index (κ1) is 13.4. The summed E-state index contributed by atoms with van der Waals surface area (Å²) in [6, 6.07) is 1.16. The number of hydrogen-bond donors (Lipinski definition) is 1. The summed E-state index contributed by atoms with van der Waals surface area (Å²) in [5.74, 6) is 0. The number of methoxy groups -OCH3 is 1. The Morgan fingerprint density at radius 2 is 2.39 bits per heavy atom. The topological polar surface area (TPSA) is 42.3 Å². The van der Waals surface area contributed by atoms with Crippen molar-refractivity contribution in [3.8, 4) is 0 Å². The monoisotopic (exact) mass is 252 g/mol. The van der Waals surface area contributed by atoms with E-state index in [2.05, 4.69) is 35.4 Å². The average Bonchev–Trinajstić information content (AvgIpc) is 2.94. The van der Waals surface area contributed by atoms with Crippen molar-refractivity contribution >= 4 is 5.69 Å². The second-order valence-corrected chi connectivity index (χ2v) is 5.21. The van der Waals surface area contributed by atoms with E-state index in [0.29, 0.717) is 18.7 Å². The summed E-state index contributed by atoms with van der Waals surface area (Å²) < 4.78 is 7.00. The Bertz CT molecular complexity index is 364. The van der Waals surface area contributed by atoms with E-state index in [1.807, 2.05) is 10.9 Å². The molecule has 5 heteroatoms. The van der Waals surface area contributed by atoms with Crippen molar-refractivity contribution in [1.82, 2.24) is 15.1 Å². The molecule has 1 aromatic rings. The zero-order chi connectivity index (χ0) is 13.0. The van der Waals surface area contributed by atoms with Gasteiger partial charge in [-0.05, 0) is 6.42 Å². The third-order valence-corrected chi connectivity index (χ3v) is 3.27. The van der Waals surface area contributed by atoms with Crippen LogP contribution < -0.4 is 10.2 Å². The van der Waals surface area contributed by atoms with Crippen LogP contribution in [0.5, 0.6) is 0 Å². The Balaban J connectivity index is 1.87. The maximum absolute atomic E-state index is 5.06. The molecule has 0 aliphatic carbocycles. The van der Waals surface area contributed by atoms with E-state index < -0.39 is 0 Å². The molecule has 1 aromatic heterocycles. The quantitative estimate of drug-likeness (QED) is 0.823. The smallest absolute Gasteiger partial charge is 0.0753 e. The first-order valence-electron chi connectivity index (χ1n) is 6.71. The van der Waals surface area contributed by atoms with Gasteiger partial charge in [0.15, 0.2) is 0 Å². The molecule has 1 fully saturated rings. The largest absolute Gasteiger partial charge is 0.383 e. The van der Waals surface area contributed by atoms with Crippen LogP contribution in [-0.4, -0.2) is 48.7 Å². The summed E-state index contributed by atoms with van der Waals surface area (Å²) in [4.78, 5) is 2.40. The van der Waals surface area contributed by atoms with Gasteiger partial charge in [-0.15, -0.1) is 0 Å². The van der Waals surface area contributed by atoms with Crippen LogP contribution in [0.25, 0.3) is 0 Å². The number of hydrogen-bond acceptors (Lipinski definition) is 4. The molecule has 1 aliphatic heterocycles. The molecular formula is C13H24N4O. The van der Waals surface area contributed by atoms with Gasteiger partial charge in [-0.2, -0.15) is 5.10 Å². The Morgan fingerprint density at radius 1 is 1.56 bits per heavy atom. The molecule has 0 bridgehead atoms. The number of anilines is 1. The molecule has 2 rings (SSSR count). The molecule has 0 aromatic carbocycles. The molecule has 5 nitrogen and oxygen atoms in total. The van der Waals surface area contributed by atoms with Crippen LogP contribution in [0.3, 0.4) is 0 Å². The molecule has 1 N–H and O–H groups in total. The summed E-state index contributed by atoms with van der Waals surface area (Å²) >= 11 is 0. The van der Waals surface area contributed by atoms with Gasteiger partial charge < -0.3 is 15.0 Å². The zero-order valence-electron chi connectivity index (χ0n) is 11.6. The maximum atomic E-state index is 5.06. The summed E-state index contributed by atoms with van der Waals surface area (Å²) in [7, 11) is 1.72. The van der Waals surface area contributed by atoms with Crippen LogP contribution in [-0.2, 0) is 11.3 Å². The first-order valence-corrected chi connectivity index (χ1v) is 6.71. The Kier molecular flexibility index (Phi) is 4.60. The van der Waals surface area contributed by atoms with E-state index in [0.717, 1.165) is 19.6 Å². The minimum atomic E-state index is 0.555. The predicted molar refractivity (Wildman–Crippen MR) is 73.0 cm³/mol. The van der Waals surface area contributed by atoms with Crippen LogP contribution in [0.4, 0.5) is 5.69 Å². The number of rotatable bonds is 6. The second kappa shape index (κ2) is 6.20. The Hall–Kier alpha value is -1.07. The highest BCUT2D eigenvalue weighted by Gasteiger charge is 2.23. The van der Waals surface area contributed by atoms with E-state index in [1.54, 1.807) is 7.11 Å². The fourth-order valence-corrected chi connectivity index (χ4v) is 2.43. The number of nitrogens with one attached hydrogen (secondary N) is 1. The van der Waals surface area contributed by atoms with Crippen LogP contribution >= 0.6 is 0 Å². The minimum Gasteiger partial charge on any atom is -0.383 e. The molecule has 1 unspecified atom stereocenters. The van der Waals surface area contributed by atoms with E-state index in [1.165, 1.54) is 12.1 Å². The lowest BCUT2D eigenvalue weighted by molar-refractivity contribution is 0.183. The molecule has 102 valence electrons. The van der Waals surface area contributed by atoms with Crippen molar-refractivity contribution in [1.29, 1.82) is 0 Å². The predicted octanol–water partition coefficient (Wildman–Crippen LogP) is 1.11. The standard InChI is InChI=1S/C13H24N4O/c1-11(2)15-12-4-5-16(9-12)13-8-14-17(10-13)6-7-18-3/h8,10-12,15H,4-7,9H2,1-3H3. The van der Waals surface area contributed by atoms with Gasteiger partial charge in [0.05, 0.1) is 25.0 Å². The molecular weight excluding hydrogens is 228 g/mol. The van der Waals surface area contributed by atoms with Crippen LogP contribution in [0.15, 0.2) is 12.4 Å². The van der Waals surface area contributed by atoms with Crippen molar-refractivity contribution in [2.24, 2.45) is 0 Å². The molecule has 1 saturated heterocycles. The summed E-state index contributed by atoms with van der Waals surface area (Å²) in [6.45, 7) is 8.11.